The molecule has 0 aromatic heterocycles. The smallest absolute Gasteiger partial charge is 0.159 e. The number of carbonyl (C=O) groups is 1. The van der Waals surface area contributed by atoms with Crippen LogP contribution in [0.2, 0.25) is 0 Å². The van der Waals surface area contributed by atoms with Crippen molar-refractivity contribution in [3.8, 4) is 5.75 Å². The zero-order chi connectivity index (χ0) is 16.1. The number of rotatable bonds is 6. The summed E-state index contributed by atoms with van der Waals surface area (Å²) in [5.74, 6) is 0.966. The van der Waals surface area contributed by atoms with E-state index in [1.54, 1.807) is 6.92 Å². The third-order valence-corrected chi connectivity index (χ3v) is 4.41. The van der Waals surface area contributed by atoms with Crippen LogP contribution < -0.4 is 10.5 Å². The molecule has 1 heterocycles. The SMILES string of the molecule is CCOc1ccc(C(C)=O)cc1CN1CCCCC1C(C)N. The molecule has 0 spiro atoms. The lowest BCUT2D eigenvalue weighted by molar-refractivity contribution is 0.101. The molecule has 0 radical (unpaired) electrons. The number of hydrogen-bond donors (Lipinski definition) is 1. The van der Waals surface area contributed by atoms with Crippen LogP contribution in [0, 0.1) is 0 Å². The molecule has 122 valence electrons. The molecule has 0 aliphatic carbocycles. The Morgan fingerprint density at radius 2 is 2.23 bits per heavy atom. The molecule has 0 saturated carbocycles. The first-order valence-corrected chi connectivity index (χ1v) is 8.29. The van der Waals surface area contributed by atoms with Crippen molar-refractivity contribution in [2.75, 3.05) is 13.2 Å². The van der Waals surface area contributed by atoms with E-state index >= 15 is 0 Å². The van der Waals surface area contributed by atoms with Gasteiger partial charge >= 0.3 is 0 Å². The molecule has 1 fully saturated rings. The van der Waals surface area contributed by atoms with E-state index in [1.165, 1.54) is 12.8 Å². The number of piperidine rings is 1. The molecule has 2 rings (SSSR count). The second kappa shape index (κ2) is 7.75. The Labute approximate surface area is 133 Å². The molecule has 0 bridgehead atoms. The van der Waals surface area contributed by atoms with E-state index in [0.717, 1.165) is 36.4 Å². The van der Waals surface area contributed by atoms with Gasteiger partial charge in [0.05, 0.1) is 6.61 Å². The minimum Gasteiger partial charge on any atom is -0.494 e. The lowest BCUT2D eigenvalue weighted by Gasteiger charge is -2.38. The quantitative estimate of drug-likeness (QED) is 0.821. The summed E-state index contributed by atoms with van der Waals surface area (Å²) < 4.78 is 5.74. The molecule has 1 aliphatic heterocycles. The molecular weight excluding hydrogens is 276 g/mol. The molecule has 2 atom stereocenters. The first-order valence-electron chi connectivity index (χ1n) is 8.29. The van der Waals surface area contributed by atoms with Crippen LogP contribution in [0.4, 0.5) is 0 Å². The fourth-order valence-electron chi connectivity index (χ4n) is 3.25. The van der Waals surface area contributed by atoms with Crippen LogP contribution in [0.15, 0.2) is 18.2 Å². The number of Topliss-reactive ketones (excluding diaryl/α,β-unsaturated/α-hetero) is 1. The van der Waals surface area contributed by atoms with Crippen LogP contribution in [-0.4, -0.2) is 35.9 Å². The topological polar surface area (TPSA) is 55.6 Å². The van der Waals surface area contributed by atoms with Crippen molar-refractivity contribution < 1.29 is 9.53 Å². The monoisotopic (exact) mass is 304 g/mol. The fourth-order valence-corrected chi connectivity index (χ4v) is 3.25. The van der Waals surface area contributed by atoms with Crippen molar-refractivity contribution in [2.45, 2.75) is 58.7 Å². The molecule has 2 unspecified atom stereocenters. The fraction of sp³-hybridized carbons (Fsp3) is 0.611. The maximum atomic E-state index is 11.7. The Kier molecular flexibility index (Phi) is 5.98. The third kappa shape index (κ3) is 4.08. The van der Waals surface area contributed by atoms with Crippen molar-refractivity contribution >= 4 is 5.78 Å². The second-order valence-corrected chi connectivity index (χ2v) is 6.20. The van der Waals surface area contributed by atoms with Gasteiger partial charge in [0.15, 0.2) is 5.78 Å². The van der Waals surface area contributed by atoms with Gasteiger partial charge < -0.3 is 10.5 Å². The third-order valence-electron chi connectivity index (χ3n) is 4.41. The van der Waals surface area contributed by atoms with Crippen LogP contribution in [0.1, 0.15) is 56.0 Å². The van der Waals surface area contributed by atoms with Gasteiger partial charge in [-0.3, -0.25) is 9.69 Å². The molecule has 0 amide bonds. The lowest BCUT2D eigenvalue weighted by atomic mass is 9.96. The van der Waals surface area contributed by atoms with Gasteiger partial charge in [-0.15, -0.1) is 0 Å². The summed E-state index contributed by atoms with van der Waals surface area (Å²) in [4.78, 5) is 14.1. The highest BCUT2D eigenvalue weighted by Crippen LogP contribution is 2.27. The summed E-state index contributed by atoms with van der Waals surface area (Å²) in [6.45, 7) is 8.14. The van der Waals surface area contributed by atoms with Crippen LogP contribution in [0.5, 0.6) is 5.75 Å². The largest absolute Gasteiger partial charge is 0.494 e. The average molecular weight is 304 g/mol. The highest BCUT2D eigenvalue weighted by molar-refractivity contribution is 5.94. The van der Waals surface area contributed by atoms with E-state index in [2.05, 4.69) is 11.8 Å². The molecule has 1 aromatic rings. The van der Waals surface area contributed by atoms with E-state index in [9.17, 15) is 4.79 Å². The van der Waals surface area contributed by atoms with Crippen molar-refractivity contribution in [3.05, 3.63) is 29.3 Å². The molecular formula is C18H28N2O2. The van der Waals surface area contributed by atoms with Gasteiger partial charge in [-0.25, -0.2) is 0 Å². The minimum atomic E-state index is 0.0895. The number of likely N-dealkylation sites (tertiary alicyclic amines) is 1. The summed E-state index contributed by atoms with van der Waals surface area (Å²) >= 11 is 0. The van der Waals surface area contributed by atoms with Gasteiger partial charge in [0.2, 0.25) is 0 Å². The van der Waals surface area contributed by atoms with Crippen molar-refractivity contribution in [1.29, 1.82) is 0 Å². The van der Waals surface area contributed by atoms with Crippen LogP contribution >= 0.6 is 0 Å². The predicted octanol–water partition coefficient (Wildman–Crippen LogP) is 2.99. The minimum absolute atomic E-state index is 0.0895. The summed E-state index contributed by atoms with van der Waals surface area (Å²) in [6.07, 6.45) is 3.60. The van der Waals surface area contributed by atoms with Crippen molar-refractivity contribution in [3.63, 3.8) is 0 Å². The first-order chi connectivity index (χ1) is 10.5. The number of ketones is 1. The van der Waals surface area contributed by atoms with E-state index < -0.39 is 0 Å². The van der Waals surface area contributed by atoms with Crippen molar-refractivity contribution in [1.82, 2.24) is 4.90 Å². The maximum absolute atomic E-state index is 11.7. The van der Waals surface area contributed by atoms with Crippen LogP contribution in [-0.2, 0) is 6.54 Å². The number of hydrogen-bond acceptors (Lipinski definition) is 4. The highest BCUT2D eigenvalue weighted by Gasteiger charge is 2.26. The normalized spacial score (nSPS) is 20.6. The van der Waals surface area contributed by atoms with E-state index in [1.807, 2.05) is 25.1 Å². The van der Waals surface area contributed by atoms with Crippen molar-refractivity contribution in [2.24, 2.45) is 5.73 Å². The second-order valence-electron chi connectivity index (χ2n) is 6.20. The molecule has 1 aromatic carbocycles. The van der Waals surface area contributed by atoms with Gasteiger partial charge in [-0.05, 0) is 58.4 Å². The highest BCUT2D eigenvalue weighted by atomic mass is 16.5. The molecule has 4 heteroatoms. The predicted molar refractivity (Wildman–Crippen MR) is 89.3 cm³/mol. The maximum Gasteiger partial charge on any atom is 0.159 e. The molecule has 4 nitrogen and oxygen atoms in total. The number of carbonyl (C=O) groups excluding carboxylic acids is 1. The standard InChI is InChI=1S/C18H28N2O2/c1-4-22-18-9-8-15(14(3)21)11-16(18)12-20-10-6-5-7-17(20)13(2)19/h8-9,11,13,17H,4-7,10,12,19H2,1-3H3. The van der Waals surface area contributed by atoms with Crippen LogP contribution in [0.25, 0.3) is 0 Å². The number of nitrogens with two attached hydrogens (primary N) is 1. The van der Waals surface area contributed by atoms with Gasteiger partial charge in [0, 0.05) is 29.8 Å². The zero-order valence-electron chi connectivity index (χ0n) is 14.0. The summed E-state index contributed by atoms with van der Waals surface area (Å²) in [7, 11) is 0. The van der Waals surface area contributed by atoms with Gasteiger partial charge in [-0.1, -0.05) is 6.42 Å². The Bertz CT molecular complexity index is 514. The molecule has 22 heavy (non-hydrogen) atoms. The Hall–Kier alpha value is -1.39. The summed E-state index contributed by atoms with van der Waals surface area (Å²) in [5.41, 5.74) is 7.99. The number of benzene rings is 1. The Morgan fingerprint density at radius 3 is 2.86 bits per heavy atom. The van der Waals surface area contributed by atoms with Gasteiger partial charge in [0.25, 0.3) is 0 Å². The van der Waals surface area contributed by atoms with E-state index in [0.29, 0.717) is 12.6 Å². The van der Waals surface area contributed by atoms with Gasteiger partial charge in [0.1, 0.15) is 5.75 Å². The number of nitrogens with zero attached hydrogens (tertiary/aromatic N) is 1. The summed E-state index contributed by atoms with van der Waals surface area (Å²) in [6, 6.07) is 6.30. The first kappa shape index (κ1) is 17.0. The molecule has 1 aliphatic rings. The van der Waals surface area contributed by atoms with Gasteiger partial charge in [-0.2, -0.15) is 0 Å². The number of ether oxygens (including phenoxy) is 1. The van der Waals surface area contributed by atoms with E-state index in [-0.39, 0.29) is 11.8 Å². The molecule has 2 N–H and O–H groups in total. The van der Waals surface area contributed by atoms with Crippen LogP contribution in [0.3, 0.4) is 0 Å². The summed E-state index contributed by atoms with van der Waals surface area (Å²) in [5, 5.41) is 0. The average Bonchev–Trinajstić information content (AvgIpc) is 2.49. The molecule has 1 saturated heterocycles. The lowest BCUT2D eigenvalue weighted by Crippen LogP contribution is -2.48. The Balaban J connectivity index is 2.25. The zero-order valence-corrected chi connectivity index (χ0v) is 14.0. The van der Waals surface area contributed by atoms with E-state index in [4.69, 9.17) is 10.5 Å². The Morgan fingerprint density at radius 1 is 1.45 bits per heavy atom.